The number of aromatic amines is 1. The number of nitrogens with zero attached hydrogens (tertiary/aromatic N) is 2. The van der Waals surface area contributed by atoms with Gasteiger partial charge in [-0.1, -0.05) is 17.8 Å². The molecule has 1 atom stereocenters. The zero-order chi connectivity index (χ0) is 19.0. The number of aliphatic imine (C=N–C) groups is 1. The zero-order valence-corrected chi connectivity index (χ0v) is 16.5. The first-order chi connectivity index (χ1) is 13.1. The summed E-state index contributed by atoms with van der Waals surface area (Å²) in [6, 6.07) is 6.00. The lowest BCUT2D eigenvalue weighted by molar-refractivity contribution is 0.0666. The number of methoxy groups -OCH3 is 2. The smallest absolute Gasteiger partial charge is 0.271 e. The third-order valence-electron chi connectivity index (χ3n) is 5.02. The van der Waals surface area contributed by atoms with Crippen molar-refractivity contribution >= 4 is 22.6 Å². The van der Waals surface area contributed by atoms with Gasteiger partial charge in [-0.15, -0.1) is 0 Å². The molecule has 0 radical (unpaired) electrons. The summed E-state index contributed by atoms with van der Waals surface area (Å²) in [7, 11) is 3.22. The fourth-order valence-corrected chi connectivity index (χ4v) is 4.76. The lowest BCUT2D eigenvalue weighted by Gasteiger charge is -2.26. The van der Waals surface area contributed by atoms with Gasteiger partial charge in [0.05, 0.1) is 36.1 Å². The van der Waals surface area contributed by atoms with E-state index in [9.17, 15) is 4.79 Å². The van der Waals surface area contributed by atoms with Gasteiger partial charge in [-0.2, -0.15) is 0 Å². The van der Waals surface area contributed by atoms with Crippen molar-refractivity contribution in [2.45, 2.75) is 31.1 Å². The maximum Gasteiger partial charge on any atom is 0.271 e. The van der Waals surface area contributed by atoms with Crippen molar-refractivity contribution in [3.8, 4) is 11.5 Å². The summed E-state index contributed by atoms with van der Waals surface area (Å²) in [6.45, 7) is 3.39. The lowest BCUT2D eigenvalue weighted by Crippen LogP contribution is -2.21. The second-order valence-corrected chi connectivity index (χ2v) is 7.93. The summed E-state index contributed by atoms with van der Waals surface area (Å²) < 4.78 is 18.2. The molecule has 144 valence electrons. The normalized spacial score (nSPS) is 20.1. The summed E-state index contributed by atoms with van der Waals surface area (Å²) in [5.41, 5.74) is 1.60. The van der Waals surface area contributed by atoms with E-state index in [1.54, 1.807) is 26.0 Å². The number of aromatic nitrogens is 2. The summed E-state index contributed by atoms with van der Waals surface area (Å²) >= 11 is 1.58. The maximum absolute atomic E-state index is 12.8. The monoisotopic (exact) mass is 389 g/mol. The summed E-state index contributed by atoms with van der Waals surface area (Å²) in [5.74, 6) is 2.06. The van der Waals surface area contributed by atoms with Crippen molar-refractivity contribution < 1.29 is 14.2 Å². The number of hydrogen-bond acceptors (Lipinski definition) is 6. The van der Waals surface area contributed by atoms with Gasteiger partial charge in [0.25, 0.3) is 5.56 Å². The second kappa shape index (κ2) is 7.44. The van der Waals surface area contributed by atoms with E-state index in [1.807, 2.05) is 29.8 Å². The molecule has 2 aromatic rings. The van der Waals surface area contributed by atoms with Crippen LogP contribution in [0.2, 0.25) is 0 Å². The van der Waals surface area contributed by atoms with E-state index in [1.165, 1.54) is 0 Å². The second-order valence-electron chi connectivity index (χ2n) is 6.63. The Bertz CT molecular complexity index is 928. The molecule has 1 fully saturated rings. The highest BCUT2D eigenvalue weighted by Gasteiger charge is 2.32. The van der Waals surface area contributed by atoms with Gasteiger partial charge in [-0.05, 0) is 37.5 Å². The Labute approximate surface area is 161 Å². The summed E-state index contributed by atoms with van der Waals surface area (Å²) in [6.07, 6.45) is 1.75. The minimum absolute atomic E-state index is 0.0833. The van der Waals surface area contributed by atoms with Crippen LogP contribution >= 0.6 is 11.8 Å². The Morgan fingerprint density at radius 3 is 2.67 bits per heavy atom. The highest BCUT2D eigenvalue weighted by atomic mass is 32.2. The van der Waals surface area contributed by atoms with Crippen LogP contribution in [0.3, 0.4) is 0 Å². The van der Waals surface area contributed by atoms with Crippen LogP contribution in [0.5, 0.6) is 11.5 Å². The molecule has 1 aromatic heterocycles. The number of H-pyrrole nitrogens is 1. The number of nitrogens with one attached hydrogen (secondary N) is 1. The molecular formula is C19H23N3O4S. The molecule has 0 aliphatic carbocycles. The van der Waals surface area contributed by atoms with E-state index in [2.05, 4.69) is 5.10 Å². The molecule has 2 aliphatic heterocycles. The van der Waals surface area contributed by atoms with Gasteiger partial charge in [-0.25, -0.2) is 4.99 Å². The molecule has 1 N–H and O–H groups in total. The van der Waals surface area contributed by atoms with Crippen LogP contribution in [0.1, 0.15) is 42.2 Å². The van der Waals surface area contributed by atoms with E-state index < -0.39 is 0 Å². The minimum atomic E-state index is -0.137. The van der Waals surface area contributed by atoms with E-state index in [-0.39, 0.29) is 16.9 Å². The van der Waals surface area contributed by atoms with Gasteiger partial charge >= 0.3 is 0 Å². The molecule has 4 rings (SSSR count). The van der Waals surface area contributed by atoms with Gasteiger partial charge < -0.3 is 14.2 Å². The van der Waals surface area contributed by atoms with E-state index in [0.29, 0.717) is 30.3 Å². The molecule has 8 heteroatoms. The van der Waals surface area contributed by atoms with Crippen LogP contribution in [0, 0.1) is 0 Å². The van der Waals surface area contributed by atoms with Gasteiger partial charge in [0.1, 0.15) is 0 Å². The third kappa shape index (κ3) is 3.27. The third-order valence-corrected chi connectivity index (χ3v) is 6.19. The average molecular weight is 389 g/mol. The highest BCUT2D eigenvalue weighted by molar-refractivity contribution is 8.14. The Kier molecular flexibility index (Phi) is 5.01. The number of rotatable bonds is 4. The summed E-state index contributed by atoms with van der Waals surface area (Å²) in [4.78, 5) is 17.6. The van der Waals surface area contributed by atoms with Crippen molar-refractivity contribution in [1.82, 2.24) is 9.78 Å². The fourth-order valence-electron chi connectivity index (χ4n) is 3.67. The largest absolute Gasteiger partial charge is 0.493 e. The maximum atomic E-state index is 12.8. The number of hydrogen-bond donors (Lipinski definition) is 1. The van der Waals surface area contributed by atoms with Crippen molar-refractivity contribution in [2.75, 3.05) is 27.4 Å². The van der Waals surface area contributed by atoms with Gasteiger partial charge in [0, 0.05) is 13.2 Å². The SMILES string of the molecule is COc1ccc(C2SC(C)=Nc3c2c(=O)[nH]n3C2CCOCC2)cc1OC. The number of fused-ring (bicyclic) bond motifs is 1. The van der Waals surface area contributed by atoms with Crippen LogP contribution in [-0.4, -0.2) is 42.3 Å². The Balaban J connectivity index is 1.79. The quantitative estimate of drug-likeness (QED) is 0.867. The van der Waals surface area contributed by atoms with Gasteiger partial charge in [0.2, 0.25) is 0 Å². The van der Waals surface area contributed by atoms with Crippen molar-refractivity contribution in [3.63, 3.8) is 0 Å². The van der Waals surface area contributed by atoms with E-state index in [0.717, 1.165) is 29.3 Å². The topological polar surface area (TPSA) is 77.8 Å². The molecule has 7 nitrogen and oxygen atoms in total. The fraction of sp³-hybridized carbons (Fsp3) is 0.474. The predicted molar refractivity (Wildman–Crippen MR) is 106 cm³/mol. The first-order valence-corrected chi connectivity index (χ1v) is 9.86. The first-order valence-electron chi connectivity index (χ1n) is 8.98. The molecule has 0 amide bonds. The van der Waals surface area contributed by atoms with Crippen molar-refractivity contribution in [1.29, 1.82) is 0 Å². The Hall–Kier alpha value is -2.19. The van der Waals surface area contributed by atoms with Crippen LogP contribution < -0.4 is 15.0 Å². The first kappa shape index (κ1) is 18.2. The van der Waals surface area contributed by atoms with Crippen molar-refractivity contribution in [2.24, 2.45) is 4.99 Å². The van der Waals surface area contributed by atoms with Crippen LogP contribution in [0.15, 0.2) is 28.0 Å². The number of benzene rings is 1. The molecule has 1 unspecified atom stereocenters. The number of ether oxygens (including phenoxy) is 3. The Morgan fingerprint density at radius 2 is 1.96 bits per heavy atom. The number of thioether (sulfide) groups is 1. The zero-order valence-electron chi connectivity index (χ0n) is 15.7. The average Bonchev–Trinajstić information content (AvgIpc) is 3.03. The van der Waals surface area contributed by atoms with Crippen LogP contribution in [-0.2, 0) is 4.74 Å². The molecular weight excluding hydrogens is 366 g/mol. The van der Waals surface area contributed by atoms with E-state index >= 15 is 0 Å². The van der Waals surface area contributed by atoms with Gasteiger partial charge in [0.15, 0.2) is 17.3 Å². The molecule has 3 heterocycles. The highest BCUT2D eigenvalue weighted by Crippen LogP contribution is 2.46. The van der Waals surface area contributed by atoms with Crippen molar-refractivity contribution in [3.05, 3.63) is 39.7 Å². The molecule has 0 bridgehead atoms. The summed E-state index contributed by atoms with van der Waals surface area (Å²) in [5, 5.41) is 3.82. The van der Waals surface area contributed by atoms with Gasteiger partial charge in [-0.3, -0.25) is 14.6 Å². The van der Waals surface area contributed by atoms with Crippen LogP contribution in [0.4, 0.5) is 5.82 Å². The standard InChI is InChI=1S/C19H23N3O4S/c1-11-20-18-16(19(23)21-22(18)13-6-8-26-9-7-13)17(27-11)12-4-5-14(24-2)15(10-12)25-3/h4-5,10,13,17H,6-9H2,1-3H3,(H,21,23). The minimum Gasteiger partial charge on any atom is -0.493 e. The predicted octanol–water partition coefficient (Wildman–Crippen LogP) is 3.43. The molecule has 0 saturated carbocycles. The van der Waals surface area contributed by atoms with Crippen LogP contribution in [0.25, 0.3) is 0 Å². The molecule has 0 spiro atoms. The molecule has 2 aliphatic rings. The lowest BCUT2D eigenvalue weighted by atomic mass is 10.0. The molecule has 1 aromatic carbocycles. The van der Waals surface area contributed by atoms with E-state index in [4.69, 9.17) is 19.2 Å². The molecule has 1 saturated heterocycles. The Morgan fingerprint density at radius 1 is 1.22 bits per heavy atom. The molecule has 27 heavy (non-hydrogen) atoms.